The maximum absolute atomic E-state index is 12.0. The Bertz CT molecular complexity index is 1030. The number of thioether (sulfide) groups is 1. The fraction of sp³-hybridized carbons (Fsp3) is 0.0526. The SMILES string of the molecule is O=C(CSc1cccc2ccccc12)NN=Cc1cc([N+](=O)[O-])ccc1Cl. The van der Waals surface area contributed by atoms with Gasteiger partial charge in [0.15, 0.2) is 0 Å². The number of hydrogen-bond acceptors (Lipinski definition) is 5. The molecular formula is C19H14ClN3O3S. The first-order valence-corrected chi connectivity index (χ1v) is 9.27. The minimum absolute atomic E-state index is 0.0984. The van der Waals surface area contributed by atoms with E-state index in [9.17, 15) is 14.9 Å². The summed E-state index contributed by atoms with van der Waals surface area (Å²) in [5.74, 6) is -0.0978. The van der Waals surface area contributed by atoms with Crippen LogP contribution < -0.4 is 5.43 Å². The standard InChI is InChI=1S/C19H14ClN3O3S/c20-17-9-8-15(23(25)26)10-14(17)11-21-22-19(24)12-27-18-7-3-5-13-4-1-2-6-16(13)18/h1-11H,12H2,(H,22,24). The molecule has 136 valence electrons. The van der Waals surface area contributed by atoms with Gasteiger partial charge in [0, 0.05) is 27.6 Å². The molecule has 3 aromatic carbocycles. The lowest BCUT2D eigenvalue weighted by atomic mass is 10.1. The molecule has 0 unspecified atom stereocenters. The zero-order valence-electron chi connectivity index (χ0n) is 14.0. The third-order valence-corrected chi connectivity index (χ3v) is 5.11. The van der Waals surface area contributed by atoms with Crippen molar-refractivity contribution in [3.05, 3.63) is 81.4 Å². The van der Waals surface area contributed by atoms with Crippen LogP contribution in [0.5, 0.6) is 0 Å². The van der Waals surface area contributed by atoms with Crippen molar-refractivity contribution in [3.63, 3.8) is 0 Å². The molecule has 0 saturated heterocycles. The molecule has 1 amide bonds. The molecule has 6 nitrogen and oxygen atoms in total. The molecule has 0 aliphatic rings. The molecule has 8 heteroatoms. The van der Waals surface area contributed by atoms with Gasteiger partial charge in [-0.2, -0.15) is 5.10 Å². The molecule has 0 saturated carbocycles. The van der Waals surface area contributed by atoms with Crippen LogP contribution in [-0.2, 0) is 4.79 Å². The lowest BCUT2D eigenvalue weighted by Gasteiger charge is -2.05. The zero-order chi connectivity index (χ0) is 19.2. The van der Waals surface area contributed by atoms with E-state index in [4.69, 9.17) is 11.6 Å². The van der Waals surface area contributed by atoms with Gasteiger partial charge in [0.1, 0.15) is 0 Å². The molecule has 0 aliphatic heterocycles. The Hall–Kier alpha value is -2.90. The number of nitro groups is 1. The highest BCUT2D eigenvalue weighted by Crippen LogP contribution is 2.27. The molecule has 3 aromatic rings. The van der Waals surface area contributed by atoms with E-state index in [1.54, 1.807) is 0 Å². The van der Waals surface area contributed by atoms with Crippen LogP contribution in [0.3, 0.4) is 0 Å². The average Bonchev–Trinajstić information content (AvgIpc) is 2.67. The van der Waals surface area contributed by atoms with Gasteiger partial charge < -0.3 is 0 Å². The summed E-state index contributed by atoms with van der Waals surface area (Å²) in [6.45, 7) is 0. The molecule has 27 heavy (non-hydrogen) atoms. The number of carbonyl (C=O) groups is 1. The zero-order valence-corrected chi connectivity index (χ0v) is 15.5. The van der Waals surface area contributed by atoms with E-state index in [1.165, 1.54) is 36.2 Å². The van der Waals surface area contributed by atoms with Crippen LogP contribution in [0.1, 0.15) is 5.56 Å². The Morgan fingerprint density at radius 1 is 1.19 bits per heavy atom. The van der Waals surface area contributed by atoms with Gasteiger partial charge in [0.2, 0.25) is 5.91 Å². The molecule has 0 radical (unpaired) electrons. The summed E-state index contributed by atoms with van der Waals surface area (Å²) >= 11 is 7.39. The van der Waals surface area contributed by atoms with E-state index >= 15 is 0 Å². The van der Waals surface area contributed by atoms with Gasteiger partial charge in [0.05, 0.1) is 16.9 Å². The number of halogens is 1. The van der Waals surface area contributed by atoms with Gasteiger partial charge in [-0.25, -0.2) is 5.43 Å². The van der Waals surface area contributed by atoms with Gasteiger partial charge in [-0.05, 0) is 22.9 Å². The highest BCUT2D eigenvalue weighted by molar-refractivity contribution is 8.00. The largest absolute Gasteiger partial charge is 0.272 e. The second-order valence-electron chi connectivity index (χ2n) is 5.52. The van der Waals surface area contributed by atoms with Crippen molar-refractivity contribution in [2.45, 2.75) is 4.90 Å². The van der Waals surface area contributed by atoms with E-state index in [-0.39, 0.29) is 17.3 Å². The lowest BCUT2D eigenvalue weighted by Crippen LogP contribution is -2.19. The van der Waals surface area contributed by atoms with E-state index < -0.39 is 4.92 Å². The Labute approximate surface area is 164 Å². The van der Waals surface area contributed by atoms with E-state index in [1.807, 2.05) is 42.5 Å². The summed E-state index contributed by atoms with van der Waals surface area (Å²) in [5.41, 5.74) is 2.66. The van der Waals surface area contributed by atoms with Gasteiger partial charge in [-0.15, -0.1) is 11.8 Å². The van der Waals surface area contributed by atoms with Crippen LogP contribution in [0.15, 0.2) is 70.7 Å². The number of carbonyl (C=O) groups excluding carboxylic acids is 1. The topological polar surface area (TPSA) is 84.6 Å². The highest BCUT2D eigenvalue weighted by Gasteiger charge is 2.09. The molecule has 0 bridgehead atoms. The van der Waals surface area contributed by atoms with Crippen LogP contribution in [0.25, 0.3) is 10.8 Å². The highest BCUT2D eigenvalue weighted by atomic mass is 35.5. The van der Waals surface area contributed by atoms with Crippen LogP contribution in [0.4, 0.5) is 5.69 Å². The summed E-state index contributed by atoms with van der Waals surface area (Å²) in [6.07, 6.45) is 1.29. The van der Waals surface area contributed by atoms with Crippen LogP contribution in [0.2, 0.25) is 5.02 Å². The molecule has 0 fully saturated rings. The van der Waals surface area contributed by atoms with Crippen molar-refractivity contribution in [2.24, 2.45) is 5.10 Å². The first-order valence-electron chi connectivity index (χ1n) is 7.91. The molecule has 0 aromatic heterocycles. The fourth-order valence-corrected chi connectivity index (χ4v) is 3.45. The minimum Gasteiger partial charge on any atom is -0.272 e. The first kappa shape index (κ1) is 18.9. The lowest BCUT2D eigenvalue weighted by molar-refractivity contribution is -0.384. The van der Waals surface area contributed by atoms with Crippen molar-refractivity contribution in [1.82, 2.24) is 5.43 Å². The number of rotatable bonds is 6. The van der Waals surface area contributed by atoms with Crippen molar-refractivity contribution in [2.75, 3.05) is 5.75 Å². The van der Waals surface area contributed by atoms with Crippen LogP contribution >= 0.6 is 23.4 Å². The Balaban J connectivity index is 1.61. The monoisotopic (exact) mass is 399 g/mol. The van der Waals surface area contributed by atoms with Gasteiger partial charge >= 0.3 is 0 Å². The number of fused-ring (bicyclic) bond motifs is 1. The molecule has 1 N–H and O–H groups in total. The summed E-state index contributed by atoms with van der Waals surface area (Å²) < 4.78 is 0. The third kappa shape index (κ3) is 4.84. The number of amides is 1. The molecule has 0 aliphatic carbocycles. The molecule has 3 rings (SSSR count). The van der Waals surface area contributed by atoms with Crippen molar-refractivity contribution < 1.29 is 9.72 Å². The van der Waals surface area contributed by atoms with Gasteiger partial charge in [-0.3, -0.25) is 14.9 Å². The summed E-state index contributed by atoms with van der Waals surface area (Å²) in [6, 6.07) is 17.9. The number of nitrogens with zero attached hydrogens (tertiary/aromatic N) is 2. The van der Waals surface area contributed by atoms with Crippen molar-refractivity contribution in [1.29, 1.82) is 0 Å². The summed E-state index contributed by atoms with van der Waals surface area (Å²) in [4.78, 5) is 23.3. The third-order valence-electron chi connectivity index (χ3n) is 3.69. The molecule has 0 heterocycles. The summed E-state index contributed by atoms with van der Waals surface area (Å²) in [5, 5.41) is 17.1. The smallest absolute Gasteiger partial charge is 0.270 e. The number of nitro benzene ring substituents is 1. The van der Waals surface area contributed by atoms with Gasteiger partial charge in [0.25, 0.3) is 5.69 Å². The number of nitrogens with one attached hydrogen (secondary N) is 1. The van der Waals surface area contributed by atoms with E-state index in [0.717, 1.165) is 15.7 Å². The number of hydrogen-bond donors (Lipinski definition) is 1. The predicted octanol–water partition coefficient (Wildman–Crippen LogP) is 4.64. The first-order chi connectivity index (χ1) is 13.0. The number of non-ortho nitro benzene ring substituents is 1. The van der Waals surface area contributed by atoms with Crippen LogP contribution in [0, 0.1) is 10.1 Å². The maximum Gasteiger partial charge on any atom is 0.270 e. The van der Waals surface area contributed by atoms with E-state index in [0.29, 0.717) is 10.6 Å². The normalized spacial score (nSPS) is 11.0. The number of benzene rings is 3. The molecule has 0 atom stereocenters. The van der Waals surface area contributed by atoms with Gasteiger partial charge in [-0.1, -0.05) is 48.0 Å². The quantitative estimate of drug-likeness (QED) is 0.283. The van der Waals surface area contributed by atoms with Crippen LogP contribution in [-0.4, -0.2) is 22.8 Å². The molecule has 0 spiro atoms. The average molecular weight is 400 g/mol. The predicted molar refractivity (Wildman–Crippen MR) is 109 cm³/mol. The minimum atomic E-state index is -0.521. The van der Waals surface area contributed by atoms with E-state index in [2.05, 4.69) is 10.5 Å². The summed E-state index contributed by atoms with van der Waals surface area (Å²) in [7, 11) is 0. The van der Waals surface area contributed by atoms with Crippen molar-refractivity contribution >= 4 is 51.9 Å². The second kappa shape index (κ2) is 8.66. The second-order valence-corrected chi connectivity index (χ2v) is 6.95. The Morgan fingerprint density at radius 3 is 2.78 bits per heavy atom. The Kier molecular flexibility index (Phi) is 6.05. The fourth-order valence-electron chi connectivity index (χ4n) is 2.41. The molecular weight excluding hydrogens is 386 g/mol. The maximum atomic E-state index is 12.0. The van der Waals surface area contributed by atoms with Crippen molar-refractivity contribution in [3.8, 4) is 0 Å². The Morgan fingerprint density at radius 2 is 1.96 bits per heavy atom. The number of hydrazone groups is 1.